The first-order chi connectivity index (χ1) is 19.3. The highest BCUT2D eigenvalue weighted by Gasteiger charge is 2.30. The Morgan fingerprint density at radius 2 is 0.690 bits per heavy atom. The maximum atomic E-state index is 6.58. The summed E-state index contributed by atoms with van der Waals surface area (Å²) in [6.45, 7) is 25.1. The van der Waals surface area contributed by atoms with Crippen LogP contribution in [0.25, 0.3) is 22.3 Å². The van der Waals surface area contributed by atoms with Gasteiger partial charge < -0.3 is 18.1 Å². The molecular weight excluding hydrogens is 558 g/mol. The van der Waals surface area contributed by atoms with E-state index < -0.39 is 16.8 Å². The molecule has 0 aromatic heterocycles. The average Bonchev–Trinajstić information content (AvgIpc) is 2.81. The third-order valence-electron chi connectivity index (χ3n) is 5.61. The lowest BCUT2D eigenvalue weighted by atomic mass is 9.91. The van der Waals surface area contributed by atoms with E-state index in [9.17, 15) is 0 Å². The van der Waals surface area contributed by atoms with Crippen LogP contribution in [-0.4, -0.2) is 22.4 Å². The molecule has 0 heterocycles. The van der Waals surface area contributed by atoms with Crippen molar-refractivity contribution in [1.82, 2.24) is 0 Å². The van der Waals surface area contributed by atoms with Crippen LogP contribution >= 0.6 is 16.8 Å². The zero-order valence-electron chi connectivity index (χ0n) is 27.9. The van der Waals surface area contributed by atoms with Crippen LogP contribution in [0, 0.1) is 0 Å². The molecule has 0 radical (unpaired) electrons. The van der Waals surface area contributed by atoms with E-state index in [0.29, 0.717) is 12.3 Å². The van der Waals surface area contributed by atoms with E-state index in [-0.39, 0.29) is 22.4 Å². The van der Waals surface area contributed by atoms with Crippen molar-refractivity contribution in [1.29, 1.82) is 0 Å². The Balaban J connectivity index is 2.24. The highest BCUT2D eigenvalue weighted by molar-refractivity contribution is 7.47. The summed E-state index contributed by atoms with van der Waals surface area (Å²) >= 11 is 0. The van der Waals surface area contributed by atoms with Gasteiger partial charge in [-0.05, 0) is 129 Å². The zero-order chi connectivity index (χ0) is 31.3. The third kappa shape index (κ3) is 12.2. The molecule has 3 aromatic carbocycles. The van der Waals surface area contributed by atoms with Crippen molar-refractivity contribution in [2.45, 2.75) is 118 Å². The number of hydrogen-bond acceptors (Lipinski definition) is 4. The molecule has 42 heavy (non-hydrogen) atoms. The minimum absolute atomic E-state index is 0.333. The summed E-state index contributed by atoms with van der Waals surface area (Å²) < 4.78 is 26.3. The van der Waals surface area contributed by atoms with Crippen molar-refractivity contribution in [3.05, 3.63) is 83.9 Å². The second-order valence-electron chi connectivity index (χ2n) is 14.7. The number of rotatable bonds is 10. The van der Waals surface area contributed by atoms with Crippen molar-refractivity contribution >= 4 is 16.8 Å². The molecule has 0 N–H and O–H groups in total. The van der Waals surface area contributed by atoms with Gasteiger partial charge in [0.2, 0.25) is 0 Å². The predicted molar refractivity (Wildman–Crippen MR) is 182 cm³/mol. The first-order valence-electron chi connectivity index (χ1n) is 14.9. The van der Waals surface area contributed by atoms with Gasteiger partial charge in [0, 0.05) is 12.3 Å². The topological polar surface area (TPSA) is 36.9 Å². The highest BCUT2D eigenvalue weighted by atomic mass is 31.2. The minimum atomic E-state index is -1.23. The van der Waals surface area contributed by atoms with Crippen LogP contribution in [-0.2, 0) is 30.4 Å². The first-order valence-corrected chi connectivity index (χ1v) is 17.6. The second-order valence-corrected chi connectivity index (χ2v) is 17.4. The van der Waals surface area contributed by atoms with Crippen LogP contribution in [0.15, 0.2) is 72.8 Å². The average molecular weight is 611 g/mol. The summed E-state index contributed by atoms with van der Waals surface area (Å²) in [5.41, 5.74) is 5.83. The fourth-order valence-corrected chi connectivity index (χ4v) is 8.28. The molecule has 6 heteroatoms. The lowest BCUT2D eigenvalue weighted by molar-refractivity contribution is 0.0707. The molecule has 230 valence electrons. The van der Waals surface area contributed by atoms with Crippen molar-refractivity contribution < 1.29 is 18.1 Å². The second kappa shape index (κ2) is 14.0. The van der Waals surface area contributed by atoms with Crippen LogP contribution in [0.5, 0.6) is 0 Å². The van der Waals surface area contributed by atoms with Gasteiger partial charge in [0.05, 0.1) is 22.4 Å². The summed E-state index contributed by atoms with van der Waals surface area (Å²) in [5, 5.41) is 0. The SMILES string of the molecule is CC(C)(C)OP(Cc1cc(-c2ccccc2)c(-c2ccccc2)cc1CP(OC(C)(C)C)OC(C)(C)C)OC(C)(C)C. The van der Waals surface area contributed by atoms with Crippen LogP contribution < -0.4 is 0 Å². The molecule has 0 saturated heterocycles. The molecule has 0 aliphatic carbocycles. The van der Waals surface area contributed by atoms with E-state index in [0.717, 1.165) is 0 Å². The molecule has 4 nitrogen and oxygen atoms in total. The summed E-state index contributed by atoms with van der Waals surface area (Å²) in [5.74, 6) is 0. The Kier molecular flexibility index (Phi) is 11.6. The van der Waals surface area contributed by atoms with Gasteiger partial charge in [0.15, 0.2) is 16.8 Å². The number of benzene rings is 3. The van der Waals surface area contributed by atoms with Gasteiger partial charge in [-0.25, -0.2) is 0 Å². The molecule has 0 saturated carbocycles. The molecule has 0 atom stereocenters. The summed E-state index contributed by atoms with van der Waals surface area (Å²) in [4.78, 5) is 0. The molecule has 0 fully saturated rings. The van der Waals surface area contributed by atoms with Gasteiger partial charge in [-0.2, -0.15) is 0 Å². The molecule has 3 rings (SSSR count). The molecule has 3 aromatic rings. The standard InChI is InChI=1S/C36H52O4P2/c1-33(2,3)37-41(38-34(4,5)6)25-29-23-31(27-19-15-13-16-20-27)32(28-21-17-14-18-22-28)24-30(29)26-42(39-35(7,8)9)40-36(10,11)12/h13-24H,25-26H2,1-12H3. The van der Waals surface area contributed by atoms with Gasteiger partial charge in [0.25, 0.3) is 0 Å². The molecule has 0 aliphatic rings. The van der Waals surface area contributed by atoms with E-state index in [1.165, 1.54) is 33.4 Å². The Morgan fingerprint density at radius 1 is 0.429 bits per heavy atom. The van der Waals surface area contributed by atoms with E-state index >= 15 is 0 Å². The van der Waals surface area contributed by atoms with Crippen LogP contribution in [0.2, 0.25) is 0 Å². The summed E-state index contributed by atoms with van der Waals surface area (Å²) in [7, 11) is -2.46. The fraction of sp³-hybridized carbons (Fsp3) is 0.500. The van der Waals surface area contributed by atoms with Gasteiger partial charge in [-0.3, -0.25) is 0 Å². The Hall–Kier alpha value is -1.64. The van der Waals surface area contributed by atoms with Crippen molar-refractivity contribution in [2.75, 3.05) is 0 Å². The van der Waals surface area contributed by atoms with Gasteiger partial charge in [-0.15, -0.1) is 0 Å². The molecular formula is C36H52O4P2. The normalized spacial score (nSPS) is 13.3. The fourth-order valence-electron chi connectivity index (χ4n) is 4.36. The van der Waals surface area contributed by atoms with Crippen LogP contribution in [0.1, 0.15) is 94.2 Å². The maximum Gasteiger partial charge on any atom is 0.176 e. The van der Waals surface area contributed by atoms with Crippen molar-refractivity contribution in [2.24, 2.45) is 0 Å². The van der Waals surface area contributed by atoms with Crippen molar-refractivity contribution in [3.8, 4) is 22.3 Å². The Labute approximate surface area is 258 Å². The lowest BCUT2D eigenvalue weighted by Crippen LogP contribution is -2.23. The Bertz CT molecular complexity index is 1130. The lowest BCUT2D eigenvalue weighted by Gasteiger charge is -2.34. The number of hydrogen-bond donors (Lipinski definition) is 0. The molecule has 0 bridgehead atoms. The highest BCUT2D eigenvalue weighted by Crippen LogP contribution is 2.54. The minimum Gasteiger partial charge on any atom is -0.328 e. The summed E-state index contributed by atoms with van der Waals surface area (Å²) in [6.07, 6.45) is 1.34. The largest absolute Gasteiger partial charge is 0.328 e. The first kappa shape index (κ1) is 34.8. The van der Waals surface area contributed by atoms with Gasteiger partial charge >= 0.3 is 0 Å². The Morgan fingerprint density at radius 3 is 0.929 bits per heavy atom. The summed E-state index contributed by atoms with van der Waals surface area (Å²) in [6, 6.07) is 26.0. The van der Waals surface area contributed by atoms with Crippen molar-refractivity contribution in [3.63, 3.8) is 0 Å². The zero-order valence-corrected chi connectivity index (χ0v) is 29.7. The van der Waals surface area contributed by atoms with Crippen LogP contribution in [0.4, 0.5) is 0 Å². The van der Waals surface area contributed by atoms with E-state index in [2.05, 4.69) is 156 Å². The predicted octanol–water partition coefficient (Wildman–Crippen LogP) is 11.9. The molecule has 0 aliphatic heterocycles. The van der Waals surface area contributed by atoms with Gasteiger partial charge in [0.1, 0.15) is 0 Å². The van der Waals surface area contributed by atoms with Crippen LogP contribution in [0.3, 0.4) is 0 Å². The smallest absolute Gasteiger partial charge is 0.176 e. The van der Waals surface area contributed by atoms with E-state index in [4.69, 9.17) is 18.1 Å². The maximum absolute atomic E-state index is 6.58. The van der Waals surface area contributed by atoms with Gasteiger partial charge in [-0.1, -0.05) is 60.7 Å². The molecule has 0 amide bonds. The third-order valence-corrected chi connectivity index (χ3v) is 9.81. The monoisotopic (exact) mass is 610 g/mol. The van der Waals surface area contributed by atoms with E-state index in [1.54, 1.807) is 0 Å². The quantitative estimate of drug-likeness (QED) is 0.214. The van der Waals surface area contributed by atoms with E-state index in [1.807, 2.05) is 0 Å². The molecule has 0 unspecified atom stereocenters. The molecule has 0 spiro atoms.